The van der Waals surface area contributed by atoms with Gasteiger partial charge in [0, 0.05) is 17.3 Å². The standard InChI is InChI=1S/C30H27N3O4/c1-20-14-15-26-31-27(22-12-8-5-9-13-22)29(33(26)18-20)32-30(34)23-16-24(35-2)28(25(17-23)36-3)37-19-21-10-6-4-7-11-21/h4-18H,19H2,1-3H3,(H,32,34). The lowest BCUT2D eigenvalue weighted by Gasteiger charge is -2.16. The molecule has 2 aromatic heterocycles. The molecule has 0 aliphatic rings. The largest absolute Gasteiger partial charge is 0.493 e. The van der Waals surface area contributed by atoms with Crippen molar-refractivity contribution in [3.8, 4) is 28.5 Å². The first kappa shape index (κ1) is 23.9. The Kier molecular flexibility index (Phi) is 6.76. The molecule has 1 N–H and O–H groups in total. The lowest BCUT2D eigenvalue weighted by atomic mass is 10.1. The van der Waals surface area contributed by atoms with Gasteiger partial charge < -0.3 is 19.5 Å². The Morgan fingerprint density at radius 1 is 0.892 bits per heavy atom. The average Bonchev–Trinajstić information content (AvgIpc) is 3.29. The number of hydrogen-bond acceptors (Lipinski definition) is 5. The van der Waals surface area contributed by atoms with Gasteiger partial charge in [0.2, 0.25) is 5.75 Å². The van der Waals surface area contributed by atoms with Gasteiger partial charge in [0.25, 0.3) is 5.91 Å². The van der Waals surface area contributed by atoms with Gasteiger partial charge in [-0.2, -0.15) is 0 Å². The Bertz CT molecular complexity index is 1520. The van der Waals surface area contributed by atoms with E-state index in [1.54, 1.807) is 12.1 Å². The molecule has 0 saturated carbocycles. The van der Waals surface area contributed by atoms with Crippen LogP contribution >= 0.6 is 0 Å². The molecule has 1 amide bonds. The molecule has 37 heavy (non-hydrogen) atoms. The molecule has 0 fully saturated rings. The van der Waals surface area contributed by atoms with Gasteiger partial charge in [-0.05, 0) is 36.2 Å². The molecular weight excluding hydrogens is 466 g/mol. The number of carbonyl (C=O) groups excluding carboxylic acids is 1. The van der Waals surface area contributed by atoms with Gasteiger partial charge in [0.1, 0.15) is 23.8 Å². The normalized spacial score (nSPS) is 10.8. The molecule has 0 spiro atoms. The first-order valence-electron chi connectivity index (χ1n) is 11.9. The van der Waals surface area contributed by atoms with Crippen molar-refractivity contribution in [3.05, 3.63) is 108 Å². The van der Waals surface area contributed by atoms with Crippen molar-refractivity contribution in [2.24, 2.45) is 0 Å². The van der Waals surface area contributed by atoms with Crippen molar-refractivity contribution in [1.82, 2.24) is 9.38 Å². The summed E-state index contributed by atoms with van der Waals surface area (Å²) in [5.74, 6) is 1.49. The van der Waals surface area contributed by atoms with Crippen molar-refractivity contribution in [2.45, 2.75) is 13.5 Å². The molecule has 3 aromatic carbocycles. The first-order chi connectivity index (χ1) is 18.1. The summed E-state index contributed by atoms with van der Waals surface area (Å²) in [5.41, 5.74) is 4.73. The topological polar surface area (TPSA) is 74.1 Å². The minimum absolute atomic E-state index is 0.327. The SMILES string of the molecule is COc1cc(C(=O)Nc2c(-c3ccccc3)nc3ccc(C)cn23)cc(OC)c1OCc1ccccc1. The number of ether oxygens (including phenoxy) is 3. The summed E-state index contributed by atoms with van der Waals surface area (Å²) in [6.07, 6.45) is 1.95. The second-order valence-corrected chi connectivity index (χ2v) is 8.55. The molecule has 7 heteroatoms. The van der Waals surface area contributed by atoms with Gasteiger partial charge in [-0.15, -0.1) is 0 Å². The number of amides is 1. The number of hydrogen-bond donors (Lipinski definition) is 1. The quantitative estimate of drug-likeness (QED) is 0.280. The molecule has 0 unspecified atom stereocenters. The maximum atomic E-state index is 13.5. The average molecular weight is 494 g/mol. The zero-order valence-electron chi connectivity index (χ0n) is 20.9. The van der Waals surface area contributed by atoms with Gasteiger partial charge in [-0.1, -0.05) is 66.7 Å². The van der Waals surface area contributed by atoms with Crippen LogP contribution in [0.3, 0.4) is 0 Å². The number of nitrogens with one attached hydrogen (secondary N) is 1. The highest BCUT2D eigenvalue weighted by Crippen LogP contribution is 2.39. The fraction of sp³-hybridized carbons (Fsp3) is 0.133. The number of imidazole rings is 1. The van der Waals surface area contributed by atoms with E-state index in [4.69, 9.17) is 19.2 Å². The van der Waals surface area contributed by atoms with Crippen LogP contribution in [0.4, 0.5) is 5.82 Å². The number of rotatable bonds is 8. The van der Waals surface area contributed by atoms with Gasteiger partial charge in [0.15, 0.2) is 11.5 Å². The minimum Gasteiger partial charge on any atom is -0.493 e. The highest BCUT2D eigenvalue weighted by Gasteiger charge is 2.21. The lowest BCUT2D eigenvalue weighted by Crippen LogP contribution is -2.15. The van der Waals surface area contributed by atoms with Crippen LogP contribution in [-0.2, 0) is 6.61 Å². The molecule has 0 bridgehead atoms. The highest BCUT2D eigenvalue weighted by molar-refractivity contribution is 6.06. The molecule has 186 valence electrons. The summed E-state index contributed by atoms with van der Waals surface area (Å²) in [5, 5.41) is 3.07. The van der Waals surface area contributed by atoms with E-state index in [0.29, 0.717) is 40.9 Å². The summed E-state index contributed by atoms with van der Waals surface area (Å²) in [4.78, 5) is 18.3. The van der Waals surface area contributed by atoms with E-state index in [0.717, 1.165) is 22.3 Å². The molecule has 5 rings (SSSR count). The highest BCUT2D eigenvalue weighted by atomic mass is 16.5. The molecule has 7 nitrogen and oxygen atoms in total. The predicted octanol–water partition coefficient (Wildman–Crippen LogP) is 6.16. The summed E-state index contributed by atoms with van der Waals surface area (Å²) in [7, 11) is 3.07. The molecule has 0 radical (unpaired) electrons. The first-order valence-corrected chi connectivity index (χ1v) is 11.9. The zero-order valence-corrected chi connectivity index (χ0v) is 20.9. The van der Waals surface area contributed by atoms with Gasteiger partial charge in [0.05, 0.1) is 14.2 Å². The van der Waals surface area contributed by atoms with Crippen LogP contribution in [0.5, 0.6) is 17.2 Å². The number of pyridine rings is 1. The Labute approximate surface area is 215 Å². The van der Waals surface area contributed by atoms with Crippen LogP contribution in [0.2, 0.25) is 0 Å². The third-order valence-corrected chi connectivity index (χ3v) is 5.99. The number of nitrogens with zero attached hydrogens (tertiary/aromatic N) is 2. The number of carbonyl (C=O) groups is 1. The van der Waals surface area contributed by atoms with E-state index in [-0.39, 0.29) is 5.91 Å². The molecule has 5 aromatic rings. The van der Waals surface area contributed by atoms with Crippen molar-refractivity contribution >= 4 is 17.4 Å². The van der Waals surface area contributed by atoms with Crippen LogP contribution in [0.15, 0.2) is 91.1 Å². The second-order valence-electron chi connectivity index (χ2n) is 8.55. The van der Waals surface area contributed by atoms with Crippen molar-refractivity contribution < 1.29 is 19.0 Å². The fourth-order valence-corrected chi connectivity index (χ4v) is 4.13. The predicted molar refractivity (Wildman–Crippen MR) is 144 cm³/mol. The van der Waals surface area contributed by atoms with Crippen molar-refractivity contribution in [2.75, 3.05) is 19.5 Å². The van der Waals surface area contributed by atoms with E-state index >= 15 is 0 Å². The molecule has 0 atom stereocenters. The van der Waals surface area contributed by atoms with Crippen LogP contribution in [-0.4, -0.2) is 29.5 Å². The number of fused-ring (bicyclic) bond motifs is 1. The minimum atomic E-state index is -0.327. The Hall–Kier alpha value is -4.78. The molecule has 2 heterocycles. The van der Waals surface area contributed by atoms with Gasteiger partial charge in [-0.25, -0.2) is 4.98 Å². The Morgan fingerprint density at radius 2 is 1.54 bits per heavy atom. The monoisotopic (exact) mass is 493 g/mol. The number of benzene rings is 3. The van der Waals surface area contributed by atoms with Crippen LogP contribution < -0.4 is 19.5 Å². The molecular formula is C30H27N3O4. The number of methoxy groups -OCH3 is 2. The van der Waals surface area contributed by atoms with Crippen LogP contribution in [0.25, 0.3) is 16.9 Å². The molecule has 0 aliphatic heterocycles. The Balaban J connectivity index is 1.50. The van der Waals surface area contributed by atoms with Crippen molar-refractivity contribution in [3.63, 3.8) is 0 Å². The summed E-state index contributed by atoms with van der Waals surface area (Å²) < 4.78 is 19.1. The zero-order chi connectivity index (χ0) is 25.8. The summed E-state index contributed by atoms with van der Waals surface area (Å²) in [6, 6.07) is 26.8. The van der Waals surface area contributed by atoms with Crippen molar-refractivity contribution in [1.29, 1.82) is 0 Å². The maximum absolute atomic E-state index is 13.5. The number of anilines is 1. The smallest absolute Gasteiger partial charge is 0.257 e. The number of aromatic nitrogens is 2. The molecule has 0 aliphatic carbocycles. The maximum Gasteiger partial charge on any atom is 0.257 e. The molecule has 0 saturated heterocycles. The van der Waals surface area contributed by atoms with Gasteiger partial charge in [-0.3, -0.25) is 9.20 Å². The van der Waals surface area contributed by atoms with Gasteiger partial charge >= 0.3 is 0 Å². The Morgan fingerprint density at radius 3 is 2.19 bits per heavy atom. The van der Waals surface area contributed by atoms with E-state index in [2.05, 4.69) is 5.32 Å². The van der Waals surface area contributed by atoms with Crippen LogP contribution in [0.1, 0.15) is 21.5 Å². The third kappa shape index (κ3) is 4.97. The number of aryl methyl sites for hydroxylation is 1. The third-order valence-electron chi connectivity index (χ3n) is 5.99. The van der Waals surface area contributed by atoms with E-state index < -0.39 is 0 Å². The fourth-order valence-electron chi connectivity index (χ4n) is 4.13. The summed E-state index contributed by atoms with van der Waals surface area (Å²) >= 11 is 0. The van der Waals surface area contributed by atoms with Crippen LogP contribution in [0, 0.1) is 6.92 Å². The lowest BCUT2D eigenvalue weighted by molar-refractivity contribution is 0.102. The van der Waals surface area contributed by atoms with E-state index in [9.17, 15) is 4.79 Å². The van der Waals surface area contributed by atoms with E-state index in [1.807, 2.05) is 90.3 Å². The summed E-state index contributed by atoms with van der Waals surface area (Å²) in [6.45, 7) is 2.33. The van der Waals surface area contributed by atoms with E-state index in [1.165, 1.54) is 14.2 Å². The second kappa shape index (κ2) is 10.5.